The molecule has 1 aromatic carbocycles. The zero-order chi connectivity index (χ0) is 13.4. The minimum Gasteiger partial charge on any atom is -0.485 e. The maximum absolute atomic E-state index is 13.2. The molecule has 3 nitrogen and oxygen atoms in total. The van der Waals surface area contributed by atoms with Crippen molar-refractivity contribution in [2.45, 2.75) is 25.6 Å². The Morgan fingerprint density at radius 1 is 1.32 bits per heavy atom. The van der Waals surface area contributed by atoms with Crippen LogP contribution in [0.3, 0.4) is 0 Å². The topological polar surface area (TPSA) is 42.4 Å². The fourth-order valence-electron chi connectivity index (χ4n) is 2.29. The first-order valence-corrected chi connectivity index (χ1v) is 6.20. The second kappa shape index (κ2) is 4.63. The lowest BCUT2D eigenvalue weighted by atomic mass is 9.95. The number of benzene rings is 1. The van der Waals surface area contributed by atoms with Gasteiger partial charge in [0.2, 0.25) is 0 Å². The highest BCUT2D eigenvalue weighted by atomic mass is 19.1. The van der Waals surface area contributed by atoms with Crippen LogP contribution in [0.5, 0.6) is 5.75 Å². The van der Waals surface area contributed by atoms with Crippen molar-refractivity contribution in [3.63, 3.8) is 0 Å². The molecule has 1 aromatic heterocycles. The van der Waals surface area contributed by atoms with Gasteiger partial charge < -0.3 is 9.84 Å². The number of hydrogen-bond donors (Lipinski definition) is 1. The molecule has 3 rings (SSSR count). The summed E-state index contributed by atoms with van der Waals surface area (Å²) < 4.78 is 19.0. The third-order valence-corrected chi connectivity index (χ3v) is 3.35. The smallest absolute Gasteiger partial charge is 0.128 e. The number of aliphatic hydroxyl groups is 1. The number of aliphatic hydroxyl groups excluding tert-OH is 1. The summed E-state index contributed by atoms with van der Waals surface area (Å²) in [7, 11) is 0. The van der Waals surface area contributed by atoms with Gasteiger partial charge in [-0.3, -0.25) is 4.98 Å². The lowest BCUT2D eigenvalue weighted by Gasteiger charge is -2.29. The highest BCUT2D eigenvalue weighted by Gasteiger charge is 2.28. The Kier molecular flexibility index (Phi) is 2.95. The van der Waals surface area contributed by atoms with Crippen LogP contribution in [0.2, 0.25) is 0 Å². The highest BCUT2D eigenvalue weighted by molar-refractivity contribution is 5.38. The van der Waals surface area contributed by atoms with E-state index < -0.39 is 6.10 Å². The van der Waals surface area contributed by atoms with Crippen molar-refractivity contribution in [1.82, 2.24) is 4.98 Å². The molecule has 1 unspecified atom stereocenters. The molecule has 1 N–H and O–H groups in total. The van der Waals surface area contributed by atoms with Crippen LogP contribution < -0.4 is 4.74 Å². The molecule has 1 aliphatic rings. The number of aryl methyl sites for hydroxylation is 1. The monoisotopic (exact) mass is 259 g/mol. The summed E-state index contributed by atoms with van der Waals surface area (Å²) >= 11 is 0. The molecule has 0 bridgehead atoms. The summed E-state index contributed by atoms with van der Waals surface area (Å²) in [6.07, 6.45) is 1.24. The summed E-state index contributed by atoms with van der Waals surface area (Å²) in [6, 6.07) is 8.03. The lowest BCUT2D eigenvalue weighted by molar-refractivity contribution is 0.0652. The molecule has 2 aromatic rings. The van der Waals surface area contributed by atoms with Crippen molar-refractivity contribution in [3.8, 4) is 5.75 Å². The Labute approximate surface area is 110 Å². The standard InChI is InChI=1S/C15H14FNO2/c1-9-2-3-10(8-17-9)14-7-13(18)12-5-4-11(16)6-15(12)19-14/h2-6,8,13-14,18H,7H2,1H3/t13-,14?/m0/s1. The van der Waals surface area contributed by atoms with E-state index in [-0.39, 0.29) is 11.9 Å². The van der Waals surface area contributed by atoms with E-state index in [1.807, 2.05) is 19.1 Å². The van der Waals surface area contributed by atoms with Gasteiger partial charge in [-0.05, 0) is 25.1 Å². The average Bonchev–Trinajstić information content (AvgIpc) is 2.38. The second-order valence-corrected chi connectivity index (χ2v) is 4.77. The van der Waals surface area contributed by atoms with Gasteiger partial charge in [-0.2, -0.15) is 0 Å². The molecule has 0 amide bonds. The van der Waals surface area contributed by atoms with Crippen molar-refractivity contribution in [2.24, 2.45) is 0 Å². The molecular formula is C15H14FNO2. The maximum Gasteiger partial charge on any atom is 0.128 e. The Morgan fingerprint density at radius 2 is 2.16 bits per heavy atom. The van der Waals surface area contributed by atoms with Crippen LogP contribution in [-0.2, 0) is 0 Å². The van der Waals surface area contributed by atoms with Crippen molar-refractivity contribution < 1.29 is 14.2 Å². The predicted octanol–water partition coefficient (Wildman–Crippen LogP) is 3.09. The summed E-state index contributed by atoms with van der Waals surface area (Å²) in [5.41, 5.74) is 2.45. The van der Waals surface area contributed by atoms with E-state index in [0.717, 1.165) is 11.3 Å². The molecule has 0 saturated heterocycles. The van der Waals surface area contributed by atoms with Gasteiger partial charge in [0.25, 0.3) is 0 Å². The zero-order valence-electron chi connectivity index (χ0n) is 10.5. The van der Waals surface area contributed by atoms with E-state index in [4.69, 9.17) is 4.74 Å². The first kappa shape index (κ1) is 12.1. The highest BCUT2D eigenvalue weighted by Crippen LogP contribution is 2.40. The third-order valence-electron chi connectivity index (χ3n) is 3.35. The first-order chi connectivity index (χ1) is 9.13. The van der Waals surface area contributed by atoms with Crippen molar-refractivity contribution in [3.05, 3.63) is 59.2 Å². The number of aromatic nitrogens is 1. The molecule has 0 radical (unpaired) electrons. The van der Waals surface area contributed by atoms with Crippen LogP contribution in [0.1, 0.15) is 35.4 Å². The minimum absolute atomic E-state index is 0.294. The van der Waals surface area contributed by atoms with Crippen LogP contribution in [0.15, 0.2) is 36.5 Å². The molecule has 2 atom stereocenters. The molecular weight excluding hydrogens is 245 g/mol. The van der Waals surface area contributed by atoms with E-state index in [1.165, 1.54) is 12.1 Å². The number of hydrogen-bond acceptors (Lipinski definition) is 3. The average molecular weight is 259 g/mol. The van der Waals surface area contributed by atoms with Gasteiger partial charge >= 0.3 is 0 Å². The molecule has 98 valence electrons. The largest absolute Gasteiger partial charge is 0.485 e. The number of rotatable bonds is 1. The Bertz CT molecular complexity index is 598. The molecule has 1 aliphatic heterocycles. The van der Waals surface area contributed by atoms with Gasteiger partial charge in [-0.15, -0.1) is 0 Å². The van der Waals surface area contributed by atoms with Crippen molar-refractivity contribution >= 4 is 0 Å². The first-order valence-electron chi connectivity index (χ1n) is 6.20. The number of fused-ring (bicyclic) bond motifs is 1. The fraction of sp³-hybridized carbons (Fsp3) is 0.267. The Balaban J connectivity index is 1.93. The molecule has 4 heteroatoms. The number of halogens is 1. The van der Waals surface area contributed by atoms with E-state index in [0.29, 0.717) is 17.7 Å². The molecule has 2 heterocycles. The fourth-order valence-corrected chi connectivity index (χ4v) is 2.29. The Hall–Kier alpha value is -1.94. The van der Waals surface area contributed by atoms with Crippen molar-refractivity contribution in [1.29, 1.82) is 0 Å². The zero-order valence-corrected chi connectivity index (χ0v) is 10.5. The van der Waals surface area contributed by atoms with Crippen LogP contribution in [0, 0.1) is 12.7 Å². The molecule has 0 saturated carbocycles. The van der Waals surface area contributed by atoms with Gasteiger partial charge in [-0.1, -0.05) is 6.07 Å². The van der Waals surface area contributed by atoms with E-state index >= 15 is 0 Å². The Morgan fingerprint density at radius 3 is 2.89 bits per heavy atom. The van der Waals surface area contributed by atoms with E-state index in [9.17, 15) is 9.50 Å². The second-order valence-electron chi connectivity index (χ2n) is 4.77. The number of ether oxygens (including phenoxy) is 1. The van der Waals surface area contributed by atoms with Crippen molar-refractivity contribution in [2.75, 3.05) is 0 Å². The van der Waals surface area contributed by atoms with Crippen LogP contribution in [0.25, 0.3) is 0 Å². The van der Waals surface area contributed by atoms with Crippen LogP contribution in [0.4, 0.5) is 4.39 Å². The number of pyridine rings is 1. The van der Waals surface area contributed by atoms with E-state index in [1.54, 1.807) is 12.3 Å². The van der Waals surface area contributed by atoms with E-state index in [2.05, 4.69) is 4.98 Å². The summed E-state index contributed by atoms with van der Waals surface area (Å²) in [4.78, 5) is 4.22. The number of nitrogens with zero attached hydrogens (tertiary/aromatic N) is 1. The third kappa shape index (κ3) is 2.31. The molecule has 0 spiro atoms. The van der Waals surface area contributed by atoms with Gasteiger partial charge in [0.05, 0.1) is 6.10 Å². The summed E-state index contributed by atoms with van der Waals surface area (Å²) in [5.74, 6) is 0.0398. The molecule has 0 aliphatic carbocycles. The normalized spacial score (nSPS) is 21.6. The predicted molar refractivity (Wildman–Crippen MR) is 68.3 cm³/mol. The summed E-state index contributed by atoms with van der Waals surface area (Å²) in [6.45, 7) is 1.91. The van der Waals surface area contributed by atoms with Gasteiger partial charge in [0.15, 0.2) is 0 Å². The van der Waals surface area contributed by atoms with Gasteiger partial charge in [0, 0.05) is 35.5 Å². The quantitative estimate of drug-likeness (QED) is 0.855. The van der Waals surface area contributed by atoms with Gasteiger partial charge in [0.1, 0.15) is 17.7 Å². The minimum atomic E-state index is -0.643. The molecule has 0 fully saturated rings. The summed E-state index contributed by atoms with van der Waals surface area (Å²) in [5, 5.41) is 10.1. The SMILES string of the molecule is Cc1ccc(C2C[C@H](O)c3ccc(F)cc3O2)cn1. The van der Waals surface area contributed by atoms with Gasteiger partial charge in [-0.25, -0.2) is 4.39 Å². The van der Waals surface area contributed by atoms with Crippen LogP contribution in [-0.4, -0.2) is 10.1 Å². The van der Waals surface area contributed by atoms with Crippen LogP contribution >= 0.6 is 0 Å². The lowest BCUT2D eigenvalue weighted by Crippen LogP contribution is -2.19. The molecule has 19 heavy (non-hydrogen) atoms. The maximum atomic E-state index is 13.2.